The van der Waals surface area contributed by atoms with Crippen LogP contribution in [-0.4, -0.2) is 33.3 Å². The highest BCUT2D eigenvalue weighted by Crippen LogP contribution is 2.26. The van der Waals surface area contributed by atoms with Gasteiger partial charge in [-0.3, -0.25) is 0 Å². The number of aromatic hydroxyl groups is 1. The molecule has 0 aliphatic rings. The summed E-state index contributed by atoms with van der Waals surface area (Å²) < 4.78 is 7.06. The summed E-state index contributed by atoms with van der Waals surface area (Å²) in [7, 11) is 1.50. The number of hydrogen-bond donors (Lipinski definition) is 2. The SMILES string of the molecule is COc1cc(C=Nn2c(-c3ccccc3C)n[nH]c2=S)ccc1O. The average molecular weight is 340 g/mol. The Kier molecular flexibility index (Phi) is 4.43. The molecule has 0 fully saturated rings. The molecule has 0 aliphatic heterocycles. The summed E-state index contributed by atoms with van der Waals surface area (Å²) in [6.07, 6.45) is 1.63. The summed E-state index contributed by atoms with van der Waals surface area (Å²) >= 11 is 5.27. The van der Waals surface area contributed by atoms with Crippen LogP contribution in [-0.2, 0) is 0 Å². The van der Waals surface area contributed by atoms with Crippen molar-refractivity contribution in [1.29, 1.82) is 0 Å². The zero-order valence-electron chi connectivity index (χ0n) is 13.2. The van der Waals surface area contributed by atoms with Crippen molar-refractivity contribution < 1.29 is 9.84 Å². The Morgan fingerprint density at radius 2 is 2.08 bits per heavy atom. The molecule has 1 aromatic heterocycles. The number of ether oxygens (including phenoxy) is 1. The monoisotopic (exact) mass is 340 g/mol. The van der Waals surface area contributed by atoms with Crippen LogP contribution in [0.4, 0.5) is 0 Å². The number of benzene rings is 2. The molecule has 0 atom stereocenters. The minimum Gasteiger partial charge on any atom is -0.504 e. The van der Waals surface area contributed by atoms with Crippen molar-refractivity contribution in [3.63, 3.8) is 0 Å². The molecular weight excluding hydrogens is 324 g/mol. The lowest BCUT2D eigenvalue weighted by atomic mass is 10.1. The van der Waals surface area contributed by atoms with Gasteiger partial charge in [-0.05, 0) is 48.5 Å². The highest BCUT2D eigenvalue weighted by Gasteiger charge is 2.10. The van der Waals surface area contributed by atoms with Gasteiger partial charge in [0.2, 0.25) is 4.77 Å². The second-order valence-corrected chi connectivity index (χ2v) is 5.54. The van der Waals surface area contributed by atoms with Gasteiger partial charge in [0, 0.05) is 5.56 Å². The first kappa shape index (κ1) is 15.9. The van der Waals surface area contributed by atoms with Crippen LogP contribution in [0.1, 0.15) is 11.1 Å². The van der Waals surface area contributed by atoms with Gasteiger partial charge in [0.25, 0.3) is 0 Å². The molecule has 2 N–H and O–H groups in total. The highest BCUT2D eigenvalue weighted by molar-refractivity contribution is 7.71. The largest absolute Gasteiger partial charge is 0.504 e. The molecule has 0 saturated carbocycles. The molecule has 0 bridgehead atoms. The number of H-pyrrole nitrogens is 1. The zero-order valence-corrected chi connectivity index (χ0v) is 14.0. The third kappa shape index (κ3) is 3.07. The van der Waals surface area contributed by atoms with Crippen LogP contribution in [0, 0.1) is 11.7 Å². The second kappa shape index (κ2) is 6.67. The van der Waals surface area contributed by atoms with E-state index in [-0.39, 0.29) is 5.75 Å². The molecule has 3 aromatic rings. The van der Waals surface area contributed by atoms with E-state index in [1.54, 1.807) is 29.1 Å². The highest BCUT2D eigenvalue weighted by atomic mass is 32.1. The molecule has 122 valence electrons. The molecule has 0 spiro atoms. The van der Waals surface area contributed by atoms with Crippen LogP contribution in [0.2, 0.25) is 0 Å². The topological polar surface area (TPSA) is 75.4 Å². The van der Waals surface area contributed by atoms with E-state index in [9.17, 15) is 5.11 Å². The van der Waals surface area contributed by atoms with Crippen molar-refractivity contribution in [2.24, 2.45) is 5.10 Å². The standard InChI is InChI=1S/C17H16N4O2S/c1-11-5-3-4-6-13(11)16-19-20-17(24)21(16)18-10-12-7-8-14(22)15(9-12)23-2/h3-10,22H,1-2H3,(H,20,24). The fourth-order valence-electron chi connectivity index (χ4n) is 2.30. The first-order chi connectivity index (χ1) is 11.6. The van der Waals surface area contributed by atoms with Gasteiger partial charge in [-0.25, -0.2) is 5.10 Å². The number of nitrogens with one attached hydrogen (secondary N) is 1. The van der Waals surface area contributed by atoms with E-state index in [0.29, 0.717) is 16.3 Å². The lowest BCUT2D eigenvalue weighted by Crippen LogP contribution is -1.96. The number of methoxy groups -OCH3 is 1. The van der Waals surface area contributed by atoms with Gasteiger partial charge in [-0.2, -0.15) is 14.9 Å². The Hall–Kier alpha value is -2.93. The van der Waals surface area contributed by atoms with Crippen LogP contribution in [0.15, 0.2) is 47.6 Å². The minimum absolute atomic E-state index is 0.0789. The quantitative estimate of drug-likeness (QED) is 0.563. The van der Waals surface area contributed by atoms with Gasteiger partial charge in [0.1, 0.15) is 0 Å². The van der Waals surface area contributed by atoms with E-state index in [1.807, 2.05) is 31.2 Å². The summed E-state index contributed by atoms with van der Waals surface area (Å²) in [6, 6.07) is 12.9. The maximum Gasteiger partial charge on any atom is 0.216 e. The van der Waals surface area contributed by atoms with Gasteiger partial charge in [0.05, 0.1) is 13.3 Å². The first-order valence-electron chi connectivity index (χ1n) is 7.25. The normalized spacial score (nSPS) is 11.1. The van der Waals surface area contributed by atoms with Crippen LogP contribution in [0.3, 0.4) is 0 Å². The van der Waals surface area contributed by atoms with Crippen molar-refractivity contribution in [1.82, 2.24) is 14.9 Å². The molecule has 6 nitrogen and oxygen atoms in total. The molecule has 0 aliphatic carbocycles. The minimum atomic E-state index is 0.0789. The Labute approximate surface area is 144 Å². The Bertz CT molecular complexity index is 959. The smallest absolute Gasteiger partial charge is 0.216 e. The van der Waals surface area contributed by atoms with Crippen LogP contribution >= 0.6 is 12.2 Å². The molecule has 7 heteroatoms. The Balaban J connectivity index is 2.01. The van der Waals surface area contributed by atoms with Crippen LogP contribution < -0.4 is 4.74 Å². The number of aryl methyl sites for hydroxylation is 1. The van der Waals surface area contributed by atoms with Crippen molar-refractivity contribution in [2.45, 2.75) is 6.92 Å². The number of nitrogens with zero attached hydrogens (tertiary/aromatic N) is 3. The van der Waals surface area contributed by atoms with Gasteiger partial charge >= 0.3 is 0 Å². The molecule has 3 rings (SSSR count). The van der Waals surface area contributed by atoms with E-state index in [0.717, 1.165) is 16.7 Å². The van der Waals surface area contributed by atoms with Gasteiger partial charge in [0.15, 0.2) is 17.3 Å². The van der Waals surface area contributed by atoms with Crippen molar-refractivity contribution in [2.75, 3.05) is 7.11 Å². The van der Waals surface area contributed by atoms with Gasteiger partial charge in [-0.15, -0.1) is 0 Å². The number of phenolic OH excluding ortho intramolecular Hbond substituents is 1. The van der Waals surface area contributed by atoms with E-state index < -0.39 is 0 Å². The zero-order chi connectivity index (χ0) is 17.1. The lowest BCUT2D eigenvalue weighted by molar-refractivity contribution is 0.373. The molecule has 1 heterocycles. The summed E-state index contributed by atoms with van der Waals surface area (Å²) in [6.45, 7) is 2.01. The van der Waals surface area contributed by atoms with Crippen LogP contribution in [0.25, 0.3) is 11.4 Å². The van der Waals surface area contributed by atoms with Crippen molar-refractivity contribution in [3.8, 4) is 22.9 Å². The molecule has 0 radical (unpaired) electrons. The second-order valence-electron chi connectivity index (χ2n) is 5.15. The molecule has 24 heavy (non-hydrogen) atoms. The summed E-state index contributed by atoms with van der Waals surface area (Å²) in [5.41, 5.74) is 2.79. The number of phenols is 1. The summed E-state index contributed by atoms with van der Waals surface area (Å²) in [4.78, 5) is 0. The average Bonchev–Trinajstić information content (AvgIpc) is 2.95. The number of aromatic nitrogens is 3. The van der Waals surface area contributed by atoms with Gasteiger partial charge in [-0.1, -0.05) is 24.3 Å². The third-order valence-corrected chi connectivity index (χ3v) is 3.83. The Morgan fingerprint density at radius 3 is 2.83 bits per heavy atom. The molecule has 0 amide bonds. The number of aromatic amines is 1. The fourth-order valence-corrected chi connectivity index (χ4v) is 2.48. The maximum absolute atomic E-state index is 9.65. The lowest BCUT2D eigenvalue weighted by Gasteiger charge is -2.05. The van der Waals surface area contributed by atoms with Crippen LogP contribution in [0.5, 0.6) is 11.5 Å². The maximum atomic E-state index is 9.65. The van der Waals surface area contributed by atoms with Crippen molar-refractivity contribution in [3.05, 3.63) is 58.4 Å². The predicted molar refractivity (Wildman–Crippen MR) is 95.2 cm³/mol. The first-order valence-corrected chi connectivity index (χ1v) is 7.66. The molecule has 0 unspecified atom stereocenters. The van der Waals surface area contributed by atoms with E-state index in [2.05, 4.69) is 15.3 Å². The summed E-state index contributed by atoms with van der Waals surface area (Å²) in [5, 5.41) is 21.1. The molecule has 2 aromatic carbocycles. The third-order valence-electron chi connectivity index (χ3n) is 3.56. The Morgan fingerprint density at radius 1 is 1.29 bits per heavy atom. The van der Waals surface area contributed by atoms with E-state index in [1.165, 1.54) is 7.11 Å². The summed E-state index contributed by atoms with van der Waals surface area (Å²) in [5.74, 6) is 1.10. The molecular formula is C17H16N4O2S. The van der Waals surface area contributed by atoms with E-state index in [4.69, 9.17) is 17.0 Å². The van der Waals surface area contributed by atoms with E-state index >= 15 is 0 Å². The van der Waals surface area contributed by atoms with Crippen molar-refractivity contribution >= 4 is 18.4 Å². The fraction of sp³-hybridized carbons (Fsp3) is 0.118. The number of rotatable bonds is 4. The number of hydrogen-bond acceptors (Lipinski definition) is 5. The predicted octanol–water partition coefficient (Wildman–Crippen LogP) is 3.51. The van der Waals surface area contributed by atoms with Gasteiger partial charge < -0.3 is 9.84 Å². The molecule has 0 saturated heterocycles.